The second kappa shape index (κ2) is 4.88. The Morgan fingerprint density at radius 1 is 1.38 bits per heavy atom. The molecule has 16 heavy (non-hydrogen) atoms. The molecule has 0 radical (unpaired) electrons. The number of hydrogen-bond acceptors (Lipinski definition) is 2. The van der Waals surface area contributed by atoms with Crippen molar-refractivity contribution >= 4 is 5.69 Å². The number of benzene rings is 1. The number of aryl methyl sites for hydroxylation is 1. The van der Waals surface area contributed by atoms with E-state index >= 15 is 0 Å². The lowest BCUT2D eigenvalue weighted by Gasteiger charge is -2.27. The van der Waals surface area contributed by atoms with Gasteiger partial charge < -0.3 is 10.6 Å². The van der Waals surface area contributed by atoms with Crippen LogP contribution in [0, 0.1) is 0 Å². The molecule has 0 amide bonds. The van der Waals surface area contributed by atoms with Gasteiger partial charge in [0.15, 0.2) is 0 Å². The molecule has 0 fully saturated rings. The van der Waals surface area contributed by atoms with Crippen LogP contribution in [-0.4, -0.2) is 25.5 Å². The average molecular weight is 218 g/mol. The quantitative estimate of drug-likeness (QED) is 0.790. The maximum absolute atomic E-state index is 5.89. The van der Waals surface area contributed by atoms with E-state index in [1.54, 1.807) is 0 Å². The molecule has 0 spiro atoms. The van der Waals surface area contributed by atoms with Crippen LogP contribution in [0.3, 0.4) is 0 Å². The van der Waals surface area contributed by atoms with Crippen molar-refractivity contribution in [3.05, 3.63) is 29.3 Å². The lowest BCUT2D eigenvalue weighted by atomic mass is 9.81. The highest BCUT2D eigenvalue weighted by atomic mass is 15.0. The van der Waals surface area contributed by atoms with Crippen molar-refractivity contribution in [2.75, 3.05) is 26.4 Å². The van der Waals surface area contributed by atoms with Gasteiger partial charge in [0.25, 0.3) is 0 Å². The zero-order chi connectivity index (χ0) is 11.5. The minimum atomic E-state index is 0.717. The van der Waals surface area contributed by atoms with E-state index in [0.717, 1.165) is 11.6 Å². The zero-order valence-corrected chi connectivity index (χ0v) is 10.4. The Bertz CT molecular complexity index is 358. The van der Waals surface area contributed by atoms with E-state index < -0.39 is 0 Å². The van der Waals surface area contributed by atoms with Gasteiger partial charge in [-0.15, -0.1) is 0 Å². The molecule has 0 saturated carbocycles. The number of nitrogen functional groups attached to an aromatic ring is 1. The highest BCUT2D eigenvalue weighted by Crippen LogP contribution is 2.34. The van der Waals surface area contributed by atoms with Crippen molar-refractivity contribution in [3.8, 4) is 0 Å². The van der Waals surface area contributed by atoms with Crippen LogP contribution in [0.15, 0.2) is 18.2 Å². The van der Waals surface area contributed by atoms with Crippen molar-refractivity contribution < 1.29 is 0 Å². The fourth-order valence-corrected chi connectivity index (χ4v) is 2.63. The minimum Gasteiger partial charge on any atom is -0.399 e. The highest BCUT2D eigenvalue weighted by Gasteiger charge is 2.20. The molecule has 0 saturated heterocycles. The zero-order valence-electron chi connectivity index (χ0n) is 10.4. The summed E-state index contributed by atoms with van der Waals surface area (Å²) in [7, 11) is 4.28. The molecule has 2 heteroatoms. The SMILES string of the molecule is CN(C)CCC1CCCc2ccc(N)cc21. The third kappa shape index (κ3) is 2.56. The van der Waals surface area contributed by atoms with Crippen molar-refractivity contribution in [1.82, 2.24) is 4.90 Å². The summed E-state index contributed by atoms with van der Waals surface area (Å²) in [6, 6.07) is 6.44. The molecular weight excluding hydrogens is 196 g/mol. The monoisotopic (exact) mass is 218 g/mol. The second-order valence-corrected chi connectivity index (χ2v) is 5.14. The van der Waals surface area contributed by atoms with E-state index in [-0.39, 0.29) is 0 Å². The number of rotatable bonds is 3. The molecule has 0 aliphatic heterocycles. The van der Waals surface area contributed by atoms with Crippen molar-refractivity contribution in [2.24, 2.45) is 0 Å². The van der Waals surface area contributed by atoms with Crippen LogP contribution in [0.5, 0.6) is 0 Å². The van der Waals surface area contributed by atoms with Crippen LogP contribution in [0.25, 0.3) is 0 Å². The van der Waals surface area contributed by atoms with E-state index in [1.807, 2.05) is 6.07 Å². The van der Waals surface area contributed by atoms with E-state index in [9.17, 15) is 0 Å². The van der Waals surface area contributed by atoms with Gasteiger partial charge in [0, 0.05) is 5.69 Å². The number of nitrogens with two attached hydrogens (primary N) is 1. The second-order valence-electron chi connectivity index (χ2n) is 5.14. The van der Waals surface area contributed by atoms with Crippen LogP contribution in [0.2, 0.25) is 0 Å². The number of nitrogens with zero attached hydrogens (tertiary/aromatic N) is 1. The van der Waals surface area contributed by atoms with Crippen molar-refractivity contribution in [3.63, 3.8) is 0 Å². The van der Waals surface area contributed by atoms with E-state index in [0.29, 0.717) is 0 Å². The topological polar surface area (TPSA) is 29.3 Å². The molecule has 1 aromatic rings. The first kappa shape index (κ1) is 11.5. The molecule has 2 rings (SSSR count). The molecule has 0 bridgehead atoms. The molecule has 1 atom stereocenters. The number of hydrogen-bond donors (Lipinski definition) is 1. The smallest absolute Gasteiger partial charge is 0.0317 e. The van der Waals surface area contributed by atoms with Gasteiger partial charge in [0.05, 0.1) is 0 Å². The fourth-order valence-electron chi connectivity index (χ4n) is 2.63. The fraction of sp³-hybridized carbons (Fsp3) is 0.571. The summed E-state index contributed by atoms with van der Waals surface area (Å²) in [6.45, 7) is 1.17. The Kier molecular flexibility index (Phi) is 3.49. The maximum atomic E-state index is 5.89. The van der Waals surface area contributed by atoms with Gasteiger partial charge in [-0.25, -0.2) is 0 Å². The first-order valence-corrected chi connectivity index (χ1v) is 6.20. The largest absolute Gasteiger partial charge is 0.399 e. The van der Waals surface area contributed by atoms with Crippen molar-refractivity contribution in [2.45, 2.75) is 31.6 Å². The first-order valence-electron chi connectivity index (χ1n) is 6.20. The normalized spacial score (nSPS) is 19.8. The van der Waals surface area contributed by atoms with Crippen LogP contribution in [-0.2, 0) is 6.42 Å². The van der Waals surface area contributed by atoms with Gasteiger partial charge >= 0.3 is 0 Å². The molecule has 2 N–H and O–H groups in total. The van der Waals surface area contributed by atoms with Gasteiger partial charge in [-0.05, 0) is 75.5 Å². The summed E-state index contributed by atoms with van der Waals surface area (Å²) in [6.07, 6.45) is 5.14. The third-order valence-electron chi connectivity index (χ3n) is 3.53. The molecule has 1 aromatic carbocycles. The molecule has 0 aromatic heterocycles. The molecule has 0 heterocycles. The Balaban J connectivity index is 2.15. The molecule has 88 valence electrons. The van der Waals surface area contributed by atoms with E-state index in [1.165, 1.54) is 43.4 Å². The summed E-state index contributed by atoms with van der Waals surface area (Å²) in [5.41, 5.74) is 9.83. The van der Waals surface area contributed by atoms with Gasteiger partial charge in [-0.2, -0.15) is 0 Å². The maximum Gasteiger partial charge on any atom is 0.0317 e. The van der Waals surface area contributed by atoms with E-state index in [4.69, 9.17) is 5.73 Å². The van der Waals surface area contributed by atoms with Gasteiger partial charge in [0.1, 0.15) is 0 Å². The lowest BCUT2D eigenvalue weighted by molar-refractivity contribution is 0.368. The summed E-state index contributed by atoms with van der Waals surface area (Å²) >= 11 is 0. The summed E-state index contributed by atoms with van der Waals surface area (Å²) in [4.78, 5) is 2.26. The summed E-state index contributed by atoms with van der Waals surface area (Å²) in [5.74, 6) is 0.717. The van der Waals surface area contributed by atoms with Crippen LogP contribution in [0.1, 0.15) is 36.3 Å². The first-order chi connectivity index (χ1) is 7.66. The van der Waals surface area contributed by atoms with Gasteiger partial charge in [-0.1, -0.05) is 6.07 Å². The van der Waals surface area contributed by atoms with Gasteiger partial charge in [-0.3, -0.25) is 0 Å². The Morgan fingerprint density at radius 2 is 2.19 bits per heavy atom. The molecule has 1 unspecified atom stereocenters. The molecule has 1 aliphatic rings. The van der Waals surface area contributed by atoms with E-state index in [2.05, 4.69) is 31.1 Å². The predicted molar refractivity (Wildman–Crippen MR) is 69.7 cm³/mol. The van der Waals surface area contributed by atoms with Crippen LogP contribution >= 0.6 is 0 Å². The Hall–Kier alpha value is -1.02. The Morgan fingerprint density at radius 3 is 2.94 bits per heavy atom. The summed E-state index contributed by atoms with van der Waals surface area (Å²) in [5, 5.41) is 0. The van der Waals surface area contributed by atoms with Crippen LogP contribution in [0.4, 0.5) is 5.69 Å². The number of fused-ring (bicyclic) bond motifs is 1. The predicted octanol–water partition coefficient (Wildman–Crippen LogP) is 2.64. The minimum absolute atomic E-state index is 0.717. The Labute approximate surface area is 98.4 Å². The molecule has 1 aliphatic carbocycles. The third-order valence-corrected chi connectivity index (χ3v) is 3.53. The van der Waals surface area contributed by atoms with Crippen molar-refractivity contribution in [1.29, 1.82) is 0 Å². The number of anilines is 1. The molecular formula is C14H22N2. The highest BCUT2D eigenvalue weighted by molar-refractivity contribution is 5.47. The summed E-state index contributed by atoms with van der Waals surface area (Å²) < 4.78 is 0. The standard InChI is InChI=1S/C14H22N2/c1-16(2)9-8-12-5-3-4-11-6-7-13(15)10-14(11)12/h6-7,10,12H,3-5,8-9,15H2,1-2H3. The van der Waals surface area contributed by atoms with Crippen LogP contribution < -0.4 is 5.73 Å². The average Bonchev–Trinajstić information content (AvgIpc) is 2.26. The van der Waals surface area contributed by atoms with Gasteiger partial charge in [0.2, 0.25) is 0 Å². The lowest BCUT2D eigenvalue weighted by Crippen LogP contribution is -2.18. The molecule has 2 nitrogen and oxygen atoms in total.